The van der Waals surface area contributed by atoms with E-state index in [1.54, 1.807) is 24.8 Å². The van der Waals surface area contributed by atoms with Crippen molar-refractivity contribution in [2.24, 2.45) is 5.73 Å². The number of hydrogen-bond acceptors (Lipinski definition) is 7. The van der Waals surface area contributed by atoms with Crippen LogP contribution < -0.4 is 16.4 Å². The number of hydrogen-bond donors (Lipinski definition) is 3. The average Bonchev–Trinajstić information content (AvgIpc) is 2.71. The van der Waals surface area contributed by atoms with Crippen LogP contribution in [0.4, 0.5) is 17.5 Å². The minimum Gasteiger partial charge on any atom is -0.350 e. The second-order valence-corrected chi connectivity index (χ2v) is 6.76. The van der Waals surface area contributed by atoms with Crippen LogP contribution in [0.15, 0.2) is 55.1 Å². The first-order valence-corrected chi connectivity index (χ1v) is 9.26. The van der Waals surface area contributed by atoms with Crippen LogP contribution in [0.5, 0.6) is 0 Å². The molecule has 138 valence electrons. The van der Waals surface area contributed by atoms with E-state index in [9.17, 15) is 0 Å². The Labute approximate surface area is 158 Å². The molecule has 0 radical (unpaired) electrons. The second-order valence-electron chi connectivity index (χ2n) is 6.76. The van der Waals surface area contributed by atoms with Crippen LogP contribution in [0, 0.1) is 0 Å². The van der Waals surface area contributed by atoms with E-state index < -0.39 is 0 Å². The molecule has 4 rings (SSSR count). The van der Waals surface area contributed by atoms with Crippen LogP contribution in [0.3, 0.4) is 0 Å². The average molecular weight is 361 g/mol. The zero-order chi connectivity index (χ0) is 18.5. The third-order valence-corrected chi connectivity index (χ3v) is 4.78. The lowest BCUT2D eigenvalue weighted by Gasteiger charge is -2.29. The van der Waals surface area contributed by atoms with Crippen molar-refractivity contribution in [3.8, 4) is 11.3 Å². The summed E-state index contributed by atoms with van der Waals surface area (Å²) in [7, 11) is 0. The van der Waals surface area contributed by atoms with Crippen LogP contribution in [0.2, 0.25) is 0 Å². The monoisotopic (exact) mass is 361 g/mol. The summed E-state index contributed by atoms with van der Waals surface area (Å²) in [4.78, 5) is 17.4. The number of benzene rings is 1. The predicted molar refractivity (Wildman–Crippen MR) is 107 cm³/mol. The van der Waals surface area contributed by atoms with Gasteiger partial charge < -0.3 is 16.4 Å². The lowest BCUT2D eigenvalue weighted by molar-refractivity contribution is 0.402. The Kier molecular flexibility index (Phi) is 5.20. The zero-order valence-electron chi connectivity index (χ0n) is 15.0. The Morgan fingerprint density at radius 1 is 1.00 bits per heavy atom. The predicted octanol–water partition coefficient (Wildman–Crippen LogP) is 3.36. The third kappa shape index (κ3) is 4.38. The molecule has 1 saturated carbocycles. The molecule has 2 atom stereocenters. The maximum Gasteiger partial charge on any atom is 0.224 e. The van der Waals surface area contributed by atoms with Crippen LogP contribution in [-0.4, -0.2) is 32.0 Å². The van der Waals surface area contributed by atoms with Gasteiger partial charge in [-0.1, -0.05) is 25.0 Å². The van der Waals surface area contributed by atoms with Gasteiger partial charge in [0.05, 0.1) is 11.9 Å². The number of nitrogens with two attached hydrogens (primary N) is 1. The summed E-state index contributed by atoms with van der Waals surface area (Å²) >= 11 is 0. The molecule has 1 aromatic carbocycles. The Morgan fingerprint density at radius 2 is 1.93 bits per heavy atom. The molecular weight excluding hydrogens is 338 g/mol. The first-order chi connectivity index (χ1) is 13.3. The van der Waals surface area contributed by atoms with Crippen molar-refractivity contribution < 1.29 is 0 Å². The van der Waals surface area contributed by atoms with Gasteiger partial charge in [0.15, 0.2) is 0 Å². The first-order valence-electron chi connectivity index (χ1n) is 9.26. The van der Waals surface area contributed by atoms with Crippen molar-refractivity contribution in [3.63, 3.8) is 0 Å². The maximum absolute atomic E-state index is 6.22. The van der Waals surface area contributed by atoms with Crippen LogP contribution in [-0.2, 0) is 0 Å². The third-order valence-electron chi connectivity index (χ3n) is 4.78. The fourth-order valence-electron chi connectivity index (χ4n) is 3.35. The number of nitrogens with zero attached hydrogens (tertiary/aromatic N) is 4. The van der Waals surface area contributed by atoms with Crippen molar-refractivity contribution in [2.75, 3.05) is 10.6 Å². The molecule has 3 aromatic rings. The van der Waals surface area contributed by atoms with Crippen molar-refractivity contribution in [1.29, 1.82) is 0 Å². The number of rotatable bonds is 5. The van der Waals surface area contributed by atoms with Gasteiger partial charge in [0.25, 0.3) is 0 Å². The minimum atomic E-state index is 0.155. The summed E-state index contributed by atoms with van der Waals surface area (Å²) in [6.45, 7) is 0. The van der Waals surface area contributed by atoms with Gasteiger partial charge in [-0.3, -0.25) is 9.97 Å². The van der Waals surface area contributed by atoms with Gasteiger partial charge in [-0.25, -0.2) is 4.98 Å². The molecule has 7 heteroatoms. The molecule has 0 unspecified atom stereocenters. The smallest absolute Gasteiger partial charge is 0.224 e. The highest BCUT2D eigenvalue weighted by Crippen LogP contribution is 2.23. The lowest BCUT2D eigenvalue weighted by Crippen LogP contribution is -2.42. The van der Waals surface area contributed by atoms with E-state index in [1.165, 1.54) is 12.8 Å². The Hall–Kier alpha value is -3.06. The molecule has 4 N–H and O–H groups in total. The van der Waals surface area contributed by atoms with E-state index in [4.69, 9.17) is 5.73 Å². The molecule has 0 saturated heterocycles. The molecular formula is C20H23N7. The van der Waals surface area contributed by atoms with E-state index in [0.29, 0.717) is 5.95 Å². The molecule has 1 aliphatic rings. The molecule has 0 aliphatic heterocycles. The second kappa shape index (κ2) is 8.09. The van der Waals surface area contributed by atoms with Gasteiger partial charge in [0.1, 0.15) is 5.82 Å². The zero-order valence-corrected chi connectivity index (χ0v) is 15.0. The number of anilines is 3. The van der Waals surface area contributed by atoms with Gasteiger partial charge >= 0.3 is 0 Å². The molecule has 27 heavy (non-hydrogen) atoms. The van der Waals surface area contributed by atoms with E-state index in [2.05, 4.69) is 30.6 Å². The van der Waals surface area contributed by atoms with Gasteiger partial charge in [-0.2, -0.15) is 4.98 Å². The quantitative estimate of drug-likeness (QED) is 0.640. The van der Waals surface area contributed by atoms with Crippen LogP contribution in [0.1, 0.15) is 25.7 Å². The summed E-state index contributed by atoms with van der Waals surface area (Å²) in [5.41, 5.74) is 8.97. The fraction of sp³-hybridized carbons (Fsp3) is 0.300. The SMILES string of the molecule is N[C@H]1CCCC[C@H]1Nc1nccc(Nc2cccc(-c3cnccn3)c2)n1. The Bertz CT molecular complexity index is 884. The van der Waals surface area contributed by atoms with Gasteiger partial charge in [0, 0.05) is 41.9 Å². The summed E-state index contributed by atoms with van der Waals surface area (Å²) in [5.74, 6) is 1.33. The summed E-state index contributed by atoms with van der Waals surface area (Å²) < 4.78 is 0. The van der Waals surface area contributed by atoms with Gasteiger partial charge in [-0.05, 0) is 31.0 Å². The highest BCUT2D eigenvalue weighted by Gasteiger charge is 2.22. The maximum atomic E-state index is 6.22. The standard InChI is InChI=1S/C20H23N7/c21-16-6-1-2-7-17(16)26-20-24-9-8-19(27-20)25-15-5-3-4-14(12-15)18-13-22-10-11-23-18/h3-5,8-13,16-17H,1-2,6-7,21H2,(H2,24,25,26,27)/t16-,17+/m0/s1. The minimum absolute atomic E-state index is 0.155. The van der Waals surface area contributed by atoms with Crippen LogP contribution >= 0.6 is 0 Å². The van der Waals surface area contributed by atoms with Crippen molar-refractivity contribution >= 4 is 17.5 Å². The van der Waals surface area contributed by atoms with E-state index in [1.807, 2.05) is 30.3 Å². The molecule has 2 heterocycles. The fourth-order valence-corrected chi connectivity index (χ4v) is 3.35. The molecule has 1 fully saturated rings. The van der Waals surface area contributed by atoms with E-state index in [-0.39, 0.29) is 12.1 Å². The van der Waals surface area contributed by atoms with E-state index in [0.717, 1.165) is 35.6 Å². The lowest BCUT2D eigenvalue weighted by atomic mass is 9.91. The largest absolute Gasteiger partial charge is 0.350 e. The molecule has 0 amide bonds. The molecule has 0 bridgehead atoms. The molecule has 2 aromatic heterocycles. The number of nitrogens with one attached hydrogen (secondary N) is 2. The Balaban J connectivity index is 1.48. The first kappa shape index (κ1) is 17.4. The van der Waals surface area contributed by atoms with Crippen molar-refractivity contribution in [3.05, 3.63) is 55.1 Å². The van der Waals surface area contributed by atoms with Gasteiger partial charge in [-0.15, -0.1) is 0 Å². The molecule has 1 aliphatic carbocycles. The van der Waals surface area contributed by atoms with Crippen LogP contribution in [0.25, 0.3) is 11.3 Å². The normalized spacial score (nSPS) is 19.4. The topological polar surface area (TPSA) is 102 Å². The van der Waals surface area contributed by atoms with Crippen molar-refractivity contribution in [2.45, 2.75) is 37.8 Å². The van der Waals surface area contributed by atoms with Gasteiger partial charge in [0.2, 0.25) is 5.95 Å². The van der Waals surface area contributed by atoms with Crippen molar-refractivity contribution in [1.82, 2.24) is 19.9 Å². The highest BCUT2D eigenvalue weighted by molar-refractivity contribution is 5.67. The highest BCUT2D eigenvalue weighted by atomic mass is 15.2. The summed E-state index contributed by atoms with van der Waals surface area (Å²) in [6.07, 6.45) is 11.3. The molecule has 7 nitrogen and oxygen atoms in total. The summed E-state index contributed by atoms with van der Waals surface area (Å²) in [5, 5.41) is 6.72. The summed E-state index contributed by atoms with van der Waals surface area (Å²) in [6, 6.07) is 10.2. The molecule has 0 spiro atoms. The Morgan fingerprint density at radius 3 is 2.78 bits per heavy atom. The number of aromatic nitrogens is 4. The van der Waals surface area contributed by atoms with E-state index >= 15 is 0 Å².